The van der Waals surface area contributed by atoms with Gasteiger partial charge in [-0.2, -0.15) is 0 Å². The second-order valence-corrected chi connectivity index (χ2v) is 6.09. The maximum absolute atomic E-state index is 12.3. The molecule has 0 aliphatic carbocycles. The van der Waals surface area contributed by atoms with Crippen molar-refractivity contribution in [2.45, 2.75) is 6.92 Å². The van der Waals surface area contributed by atoms with Crippen LogP contribution in [0, 0.1) is 6.92 Å². The molecule has 0 bridgehead atoms. The van der Waals surface area contributed by atoms with Gasteiger partial charge >= 0.3 is 5.97 Å². The lowest BCUT2D eigenvalue weighted by Gasteiger charge is -2.01. The molecular formula is C20H13ClN2O3. The van der Waals surface area contributed by atoms with Crippen molar-refractivity contribution in [3.8, 4) is 11.3 Å². The van der Waals surface area contributed by atoms with Crippen LogP contribution in [0.15, 0.2) is 69.8 Å². The predicted molar refractivity (Wildman–Crippen MR) is 98.7 cm³/mol. The fourth-order valence-corrected chi connectivity index (χ4v) is 2.86. The molecule has 0 fully saturated rings. The van der Waals surface area contributed by atoms with Crippen LogP contribution in [0.4, 0.5) is 0 Å². The van der Waals surface area contributed by atoms with Crippen LogP contribution in [0.2, 0.25) is 5.02 Å². The fraction of sp³-hybridized carbons (Fsp3) is 0.0500. The zero-order valence-electron chi connectivity index (χ0n) is 13.8. The van der Waals surface area contributed by atoms with E-state index in [-0.39, 0.29) is 11.6 Å². The smallest absolute Gasteiger partial charge is 0.363 e. The van der Waals surface area contributed by atoms with Crippen LogP contribution < -0.4 is 0 Å². The molecule has 2 heterocycles. The van der Waals surface area contributed by atoms with Gasteiger partial charge in [-0.1, -0.05) is 65.3 Å². The maximum Gasteiger partial charge on any atom is 0.363 e. The average molecular weight is 365 g/mol. The number of rotatable bonds is 3. The van der Waals surface area contributed by atoms with Gasteiger partial charge in [-0.3, -0.25) is 0 Å². The maximum atomic E-state index is 12.3. The number of aromatic nitrogens is 1. The Balaban J connectivity index is 1.78. The first kappa shape index (κ1) is 16.3. The number of esters is 1. The number of carbonyl (C=O) groups excluding carboxylic acids is 1. The Bertz CT molecular complexity index is 1050. The highest BCUT2D eigenvalue weighted by Gasteiger charge is 2.30. The van der Waals surface area contributed by atoms with Crippen LogP contribution in [-0.4, -0.2) is 17.0 Å². The molecule has 6 heteroatoms. The molecule has 0 radical (unpaired) electrons. The zero-order chi connectivity index (χ0) is 18.1. The number of carbonyl (C=O) groups is 1. The van der Waals surface area contributed by atoms with Crippen molar-refractivity contribution in [1.82, 2.24) is 5.16 Å². The molecule has 4 rings (SSSR count). The van der Waals surface area contributed by atoms with Crippen molar-refractivity contribution >= 4 is 29.5 Å². The summed E-state index contributed by atoms with van der Waals surface area (Å²) < 4.78 is 10.7. The van der Waals surface area contributed by atoms with Crippen LogP contribution in [-0.2, 0) is 9.53 Å². The number of hydrogen-bond acceptors (Lipinski definition) is 5. The minimum Gasteiger partial charge on any atom is -0.402 e. The van der Waals surface area contributed by atoms with Crippen molar-refractivity contribution in [2.75, 3.05) is 0 Å². The quantitative estimate of drug-likeness (QED) is 0.501. The summed E-state index contributed by atoms with van der Waals surface area (Å²) in [6, 6.07) is 16.7. The Morgan fingerprint density at radius 2 is 1.77 bits per heavy atom. The Morgan fingerprint density at radius 3 is 2.54 bits per heavy atom. The van der Waals surface area contributed by atoms with Gasteiger partial charge in [0.15, 0.2) is 5.70 Å². The van der Waals surface area contributed by atoms with Gasteiger partial charge in [0.25, 0.3) is 0 Å². The van der Waals surface area contributed by atoms with E-state index in [1.807, 2.05) is 42.5 Å². The first-order valence-corrected chi connectivity index (χ1v) is 8.30. The number of halogens is 1. The molecule has 128 valence electrons. The highest BCUT2D eigenvalue weighted by Crippen LogP contribution is 2.30. The molecular weight excluding hydrogens is 352 g/mol. The number of benzene rings is 2. The predicted octanol–water partition coefficient (Wildman–Crippen LogP) is 4.65. The molecule has 26 heavy (non-hydrogen) atoms. The third-order valence-corrected chi connectivity index (χ3v) is 4.29. The van der Waals surface area contributed by atoms with Gasteiger partial charge < -0.3 is 9.26 Å². The zero-order valence-corrected chi connectivity index (χ0v) is 14.5. The number of hydrogen-bond donors (Lipinski definition) is 0. The second kappa shape index (κ2) is 6.61. The molecule has 2 aromatic carbocycles. The molecule has 0 N–H and O–H groups in total. The average Bonchev–Trinajstić information content (AvgIpc) is 3.20. The lowest BCUT2D eigenvalue weighted by Crippen LogP contribution is -2.07. The Labute approximate surface area is 154 Å². The number of aryl methyl sites for hydroxylation is 1. The van der Waals surface area contributed by atoms with Crippen LogP contribution in [0.1, 0.15) is 16.9 Å². The number of ether oxygens (including phenoxy) is 1. The van der Waals surface area contributed by atoms with Crippen LogP contribution in [0.25, 0.3) is 17.3 Å². The summed E-state index contributed by atoms with van der Waals surface area (Å²) in [6.45, 7) is 1.75. The second-order valence-electron chi connectivity index (χ2n) is 5.69. The molecule has 5 nitrogen and oxygen atoms in total. The molecule has 0 atom stereocenters. The van der Waals surface area contributed by atoms with Gasteiger partial charge in [0, 0.05) is 10.6 Å². The lowest BCUT2D eigenvalue weighted by atomic mass is 10.1. The third-order valence-electron chi connectivity index (χ3n) is 3.94. The summed E-state index contributed by atoms with van der Waals surface area (Å²) >= 11 is 6.15. The number of cyclic esters (lactones) is 1. The van der Waals surface area contributed by atoms with Crippen LogP contribution in [0.3, 0.4) is 0 Å². The van der Waals surface area contributed by atoms with Crippen molar-refractivity contribution in [1.29, 1.82) is 0 Å². The minimum atomic E-state index is -0.542. The van der Waals surface area contributed by atoms with Gasteiger partial charge in [0.1, 0.15) is 17.0 Å². The van der Waals surface area contributed by atoms with E-state index in [0.29, 0.717) is 27.6 Å². The SMILES string of the molecule is Cc1onc(-c2ccccc2)c1C1=NC(=Cc2ccccc2Cl)C(=O)O1. The van der Waals surface area contributed by atoms with Crippen molar-refractivity contribution in [3.63, 3.8) is 0 Å². The molecule has 1 aliphatic heterocycles. The molecule has 3 aromatic rings. The molecule has 0 saturated heterocycles. The molecule has 0 spiro atoms. The molecule has 0 amide bonds. The summed E-state index contributed by atoms with van der Waals surface area (Å²) in [5, 5.41) is 4.62. The summed E-state index contributed by atoms with van der Waals surface area (Å²) in [5.74, 6) is 0.153. The van der Waals surface area contributed by atoms with Crippen LogP contribution >= 0.6 is 11.6 Å². The number of nitrogens with zero attached hydrogens (tertiary/aromatic N) is 2. The van der Waals surface area contributed by atoms with Crippen molar-refractivity contribution in [2.24, 2.45) is 4.99 Å². The lowest BCUT2D eigenvalue weighted by molar-refractivity contribution is -0.129. The normalized spacial score (nSPS) is 15.2. The Morgan fingerprint density at radius 1 is 1.04 bits per heavy atom. The molecule has 1 aromatic heterocycles. The first-order chi connectivity index (χ1) is 12.6. The van der Waals surface area contributed by atoms with Crippen LogP contribution in [0.5, 0.6) is 0 Å². The topological polar surface area (TPSA) is 64.7 Å². The number of aliphatic imine (C=N–C) groups is 1. The Kier molecular flexibility index (Phi) is 4.14. The molecule has 0 unspecified atom stereocenters. The first-order valence-electron chi connectivity index (χ1n) is 7.92. The van der Waals surface area contributed by atoms with Crippen molar-refractivity contribution in [3.05, 3.63) is 82.2 Å². The summed E-state index contributed by atoms with van der Waals surface area (Å²) in [6.07, 6.45) is 1.60. The summed E-state index contributed by atoms with van der Waals surface area (Å²) in [5.41, 5.74) is 2.85. The van der Waals surface area contributed by atoms with E-state index in [1.54, 1.807) is 25.1 Å². The highest BCUT2D eigenvalue weighted by atomic mass is 35.5. The molecule has 1 aliphatic rings. The minimum absolute atomic E-state index is 0.172. The Hall–Kier alpha value is -3.18. The van der Waals surface area contributed by atoms with E-state index in [2.05, 4.69) is 10.1 Å². The fourth-order valence-electron chi connectivity index (χ4n) is 2.67. The van der Waals surface area contributed by atoms with Gasteiger partial charge in [0.05, 0.1) is 0 Å². The van der Waals surface area contributed by atoms with E-state index in [1.165, 1.54) is 0 Å². The van der Waals surface area contributed by atoms with E-state index in [0.717, 1.165) is 5.56 Å². The van der Waals surface area contributed by atoms with Gasteiger partial charge in [0.2, 0.25) is 5.90 Å². The summed E-state index contributed by atoms with van der Waals surface area (Å²) in [4.78, 5) is 16.6. The third kappa shape index (κ3) is 2.93. The summed E-state index contributed by atoms with van der Waals surface area (Å²) in [7, 11) is 0. The van der Waals surface area contributed by atoms with E-state index in [9.17, 15) is 4.79 Å². The van der Waals surface area contributed by atoms with E-state index >= 15 is 0 Å². The largest absolute Gasteiger partial charge is 0.402 e. The monoisotopic (exact) mass is 364 g/mol. The molecule has 0 saturated carbocycles. The van der Waals surface area contributed by atoms with Crippen molar-refractivity contribution < 1.29 is 14.1 Å². The van der Waals surface area contributed by atoms with E-state index < -0.39 is 5.97 Å². The van der Waals surface area contributed by atoms with Gasteiger partial charge in [-0.05, 0) is 24.6 Å². The van der Waals surface area contributed by atoms with Gasteiger partial charge in [-0.15, -0.1) is 0 Å². The van der Waals surface area contributed by atoms with E-state index in [4.69, 9.17) is 20.9 Å². The standard InChI is InChI=1S/C20H13ClN2O3/c1-12-17(18(23-26-12)13-7-3-2-4-8-13)19-22-16(20(24)25-19)11-14-9-5-6-10-15(14)21/h2-11H,1H3. The van der Waals surface area contributed by atoms with Gasteiger partial charge in [-0.25, -0.2) is 9.79 Å². The highest BCUT2D eigenvalue weighted by molar-refractivity contribution is 6.32.